The molecule has 0 fully saturated rings. The highest BCUT2D eigenvalue weighted by Crippen LogP contribution is 2.24. The predicted octanol–water partition coefficient (Wildman–Crippen LogP) is 2.91. The standard InChI is InChI=1S/C12H12ClN3O/c1-16(12-7-11(13)14-8-15-12)9-3-5-10(17-2)6-4-9/h3-8H,1-2H3. The van der Waals surface area contributed by atoms with Crippen molar-refractivity contribution < 1.29 is 4.74 Å². The van der Waals surface area contributed by atoms with Gasteiger partial charge in [-0.2, -0.15) is 0 Å². The van der Waals surface area contributed by atoms with Crippen LogP contribution in [0.5, 0.6) is 5.75 Å². The summed E-state index contributed by atoms with van der Waals surface area (Å²) in [7, 11) is 3.56. The van der Waals surface area contributed by atoms with Crippen LogP contribution in [0.1, 0.15) is 0 Å². The smallest absolute Gasteiger partial charge is 0.137 e. The van der Waals surface area contributed by atoms with Gasteiger partial charge >= 0.3 is 0 Å². The van der Waals surface area contributed by atoms with Crippen LogP contribution < -0.4 is 9.64 Å². The second kappa shape index (κ2) is 5.01. The van der Waals surface area contributed by atoms with E-state index in [2.05, 4.69) is 9.97 Å². The summed E-state index contributed by atoms with van der Waals surface area (Å²) in [5.74, 6) is 1.57. The molecule has 0 unspecified atom stereocenters. The van der Waals surface area contributed by atoms with E-state index in [0.717, 1.165) is 17.3 Å². The molecule has 5 heteroatoms. The molecule has 17 heavy (non-hydrogen) atoms. The molecule has 0 N–H and O–H groups in total. The largest absolute Gasteiger partial charge is 0.497 e. The van der Waals surface area contributed by atoms with Gasteiger partial charge in [0.1, 0.15) is 23.0 Å². The Bertz CT molecular complexity index is 501. The van der Waals surface area contributed by atoms with E-state index in [1.54, 1.807) is 13.2 Å². The van der Waals surface area contributed by atoms with E-state index in [0.29, 0.717) is 5.15 Å². The third-order valence-corrected chi connectivity index (χ3v) is 2.63. The van der Waals surface area contributed by atoms with E-state index in [1.807, 2.05) is 36.2 Å². The molecule has 0 spiro atoms. The lowest BCUT2D eigenvalue weighted by atomic mass is 10.3. The Labute approximate surface area is 105 Å². The Hall–Kier alpha value is -1.81. The maximum atomic E-state index is 5.83. The molecule has 1 aromatic heterocycles. The Morgan fingerprint density at radius 3 is 2.47 bits per heavy atom. The highest BCUT2D eigenvalue weighted by atomic mass is 35.5. The van der Waals surface area contributed by atoms with Gasteiger partial charge in [0, 0.05) is 18.8 Å². The number of hydrogen-bond acceptors (Lipinski definition) is 4. The number of anilines is 2. The number of ether oxygens (including phenoxy) is 1. The van der Waals surface area contributed by atoms with Crippen molar-refractivity contribution in [2.45, 2.75) is 0 Å². The molecule has 2 rings (SSSR count). The van der Waals surface area contributed by atoms with Crippen molar-refractivity contribution in [2.24, 2.45) is 0 Å². The summed E-state index contributed by atoms with van der Waals surface area (Å²) in [4.78, 5) is 9.93. The van der Waals surface area contributed by atoms with Gasteiger partial charge in [-0.05, 0) is 24.3 Å². The van der Waals surface area contributed by atoms with Crippen molar-refractivity contribution in [3.8, 4) is 5.75 Å². The quantitative estimate of drug-likeness (QED) is 0.784. The van der Waals surface area contributed by atoms with Crippen LogP contribution in [0.15, 0.2) is 36.7 Å². The maximum absolute atomic E-state index is 5.83. The molecule has 1 aromatic carbocycles. The van der Waals surface area contributed by atoms with Crippen molar-refractivity contribution in [1.29, 1.82) is 0 Å². The molecule has 1 heterocycles. The molecule has 0 saturated carbocycles. The minimum absolute atomic E-state index is 0.426. The molecule has 4 nitrogen and oxygen atoms in total. The molecular weight excluding hydrogens is 238 g/mol. The Balaban J connectivity index is 2.27. The number of methoxy groups -OCH3 is 1. The van der Waals surface area contributed by atoms with Crippen LogP contribution in [-0.4, -0.2) is 24.1 Å². The number of benzene rings is 1. The van der Waals surface area contributed by atoms with Crippen LogP contribution in [0.25, 0.3) is 0 Å². The molecule has 0 radical (unpaired) electrons. The Morgan fingerprint density at radius 2 is 1.88 bits per heavy atom. The lowest BCUT2D eigenvalue weighted by Gasteiger charge is -2.18. The van der Waals surface area contributed by atoms with Crippen LogP contribution in [0.4, 0.5) is 11.5 Å². The summed E-state index contributed by atoms with van der Waals surface area (Å²) in [6.45, 7) is 0. The fourth-order valence-electron chi connectivity index (χ4n) is 1.45. The summed E-state index contributed by atoms with van der Waals surface area (Å²) in [5.41, 5.74) is 1.00. The Morgan fingerprint density at radius 1 is 1.18 bits per heavy atom. The van der Waals surface area contributed by atoms with E-state index in [9.17, 15) is 0 Å². The molecule has 0 amide bonds. The third kappa shape index (κ3) is 2.65. The highest BCUT2D eigenvalue weighted by Gasteiger charge is 2.06. The molecule has 0 saturated heterocycles. The van der Waals surface area contributed by atoms with Crippen LogP contribution in [0.2, 0.25) is 5.15 Å². The minimum atomic E-state index is 0.426. The molecule has 0 atom stereocenters. The average molecular weight is 250 g/mol. The van der Waals surface area contributed by atoms with Gasteiger partial charge in [-0.25, -0.2) is 9.97 Å². The summed E-state index contributed by atoms with van der Waals surface area (Å²) < 4.78 is 5.11. The topological polar surface area (TPSA) is 38.2 Å². The van der Waals surface area contributed by atoms with E-state index < -0.39 is 0 Å². The van der Waals surface area contributed by atoms with Gasteiger partial charge in [-0.3, -0.25) is 0 Å². The van der Waals surface area contributed by atoms with Crippen LogP contribution in [-0.2, 0) is 0 Å². The number of nitrogens with zero attached hydrogens (tertiary/aromatic N) is 3. The summed E-state index contributed by atoms with van der Waals surface area (Å²) >= 11 is 5.83. The normalized spacial score (nSPS) is 10.1. The molecule has 0 aliphatic rings. The number of aromatic nitrogens is 2. The zero-order valence-corrected chi connectivity index (χ0v) is 10.3. The van der Waals surface area contributed by atoms with E-state index >= 15 is 0 Å². The van der Waals surface area contributed by atoms with Crippen LogP contribution >= 0.6 is 11.6 Å². The molecule has 0 aliphatic heterocycles. The first-order valence-electron chi connectivity index (χ1n) is 5.06. The maximum Gasteiger partial charge on any atom is 0.137 e. The number of halogens is 1. The molecule has 2 aromatic rings. The van der Waals surface area contributed by atoms with Crippen LogP contribution in [0.3, 0.4) is 0 Å². The zero-order chi connectivity index (χ0) is 12.3. The highest BCUT2D eigenvalue weighted by molar-refractivity contribution is 6.29. The fourth-order valence-corrected chi connectivity index (χ4v) is 1.59. The minimum Gasteiger partial charge on any atom is -0.497 e. The third-order valence-electron chi connectivity index (χ3n) is 2.42. The summed E-state index contributed by atoms with van der Waals surface area (Å²) in [5, 5.41) is 0.426. The first kappa shape index (κ1) is 11.7. The van der Waals surface area contributed by atoms with Gasteiger partial charge in [0.15, 0.2) is 0 Å². The number of hydrogen-bond donors (Lipinski definition) is 0. The molecular formula is C12H12ClN3O. The van der Waals surface area contributed by atoms with Crippen LogP contribution in [0, 0.1) is 0 Å². The van der Waals surface area contributed by atoms with Crippen molar-refractivity contribution in [3.05, 3.63) is 41.8 Å². The first-order chi connectivity index (χ1) is 8.20. The molecule has 0 aliphatic carbocycles. The average Bonchev–Trinajstić information content (AvgIpc) is 2.38. The lowest BCUT2D eigenvalue weighted by molar-refractivity contribution is 0.415. The summed E-state index contributed by atoms with van der Waals surface area (Å²) in [6, 6.07) is 9.42. The Kier molecular flexibility index (Phi) is 3.44. The summed E-state index contributed by atoms with van der Waals surface area (Å²) in [6.07, 6.45) is 1.44. The SMILES string of the molecule is COc1ccc(N(C)c2cc(Cl)ncn2)cc1. The second-order valence-corrected chi connectivity index (χ2v) is 3.84. The monoisotopic (exact) mass is 249 g/mol. The zero-order valence-electron chi connectivity index (χ0n) is 9.59. The van der Waals surface area contributed by atoms with Gasteiger partial charge in [0.25, 0.3) is 0 Å². The van der Waals surface area contributed by atoms with Gasteiger partial charge in [-0.1, -0.05) is 11.6 Å². The van der Waals surface area contributed by atoms with Crippen molar-refractivity contribution in [3.63, 3.8) is 0 Å². The van der Waals surface area contributed by atoms with E-state index in [-0.39, 0.29) is 0 Å². The van der Waals surface area contributed by atoms with Crippen molar-refractivity contribution in [2.75, 3.05) is 19.1 Å². The van der Waals surface area contributed by atoms with E-state index in [4.69, 9.17) is 16.3 Å². The lowest BCUT2D eigenvalue weighted by Crippen LogP contribution is -2.11. The van der Waals surface area contributed by atoms with Gasteiger partial charge in [0.05, 0.1) is 7.11 Å². The first-order valence-corrected chi connectivity index (χ1v) is 5.44. The van der Waals surface area contributed by atoms with Crippen molar-refractivity contribution >= 4 is 23.1 Å². The molecule has 88 valence electrons. The number of rotatable bonds is 3. The van der Waals surface area contributed by atoms with Crippen molar-refractivity contribution in [1.82, 2.24) is 9.97 Å². The second-order valence-electron chi connectivity index (χ2n) is 3.46. The fraction of sp³-hybridized carbons (Fsp3) is 0.167. The van der Waals surface area contributed by atoms with Gasteiger partial charge in [0.2, 0.25) is 0 Å². The predicted molar refractivity (Wildman–Crippen MR) is 68.1 cm³/mol. The molecule has 0 bridgehead atoms. The van der Waals surface area contributed by atoms with Gasteiger partial charge in [-0.15, -0.1) is 0 Å². The van der Waals surface area contributed by atoms with E-state index in [1.165, 1.54) is 6.33 Å². The van der Waals surface area contributed by atoms with Gasteiger partial charge < -0.3 is 9.64 Å².